The summed E-state index contributed by atoms with van der Waals surface area (Å²) in [6.07, 6.45) is 4.32. The van der Waals surface area contributed by atoms with E-state index in [1.807, 2.05) is 6.08 Å². The first kappa shape index (κ1) is 11.7. The quantitative estimate of drug-likeness (QED) is 0.515. The summed E-state index contributed by atoms with van der Waals surface area (Å²) in [5, 5.41) is 0. The highest BCUT2D eigenvalue weighted by Crippen LogP contribution is 2.08. The highest BCUT2D eigenvalue weighted by atomic mass is 15.3. The molecule has 1 atom stereocenters. The van der Waals surface area contributed by atoms with Crippen LogP contribution in [0.2, 0.25) is 0 Å². The van der Waals surface area contributed by atoms with E-state index in [4.69, 9.17) is 5.73 Å². The van der Waals surface area contributed by atoms with Gasteiger partial charge < -0.3 is 10.6 Å². The maximum Gasteiger partial charge on any atom is 0.0346 e. The Kier molecular flexibility index (Phi) is 5.15. The Hall–Kier alpha value is -0.380. The fraction of sp³-hybridized carbons (Fsp3) is 0.818. The average Bonchev–Trinajstić information content (AvgIpc) is 2.20. The van der Waals surface area contributed by atoms with Gasteiger partial charge in [-0.15, -0.1) is 6.58 Å². The van der Waals surface area contributed by atoms with Crippen LogP contribution in [0.3, 0.4) is 0 Å². The molecular formula is C11H23N3. The lowest BCUT2D eigenvalue weighted by atomic mass is 10.1. The molecule has 1 aliphatic heterocycles. The number of nitrogens with two attached hydrogens (primary N) is 1. The molecule has 1 aliphatic rings. The van der Waals surface area contributed by atoms with E-state index in [9.17, 15) is 0 Å². The molecule has 0 saturated carbocycles. The zero-order chi connectivity index (χ0) is 10.4. The monoisotopic (exact) mass is 197 g/mol. The first-order valence-corrected chi connectivity index (χ1v) is 5.51. The van der Waals surface area contributed by atoms with Crippen LogP contribution in [0.5, 0.6) is 0 Å². The third-order valence-electron chi connectivity index (χ3n) is 2.93. The summed E-state index contributed by atoms with van der Waals surface area (Å²) < 4.78 is 0. The number of rotatable bonds is 5. The fourth-order valence-corrected chi connectivity index (χ4v) is 2.00. The van der Waals surface area contributed by atoms with Crippen molar-refractivity contribution in [1.82, 2.24) is 9.80 Å². The molecule has 3 nitrogen and oxygen atoms in total. The first-order valence-electron chi connectivity index (χ1n) is 5.51. The Morgan fingerprint density at radius 1 is 1.50 bits per heavy atom. The van der Waals surface area contributed by atoms with Crippen LogP contribution < -0.4 is 5.73 Å². The topological polar surface area (TPSA) is 32.5 Å². The van der Waals surface area contributed by atoms with Crippen molar-refractivity contribution in [3.05, 3.63) is 12.7 Å². The Morgan fingerprint density at radius 2 is 2.29 bits per heavy atom. The summed E-state index contributed by atoms with van der Waals surface area (Å²) in [6.45, 7) is 9.14. The second kappa shape index (κ2) is 6.17. The summed E-state index contributed by atoms with van der Waals surface area (Å²) in [5.41, 5.74) is 5.77. The molecule has 0 aliphatic carbocycles. The van der Waals surface area contributed by atoms with Crippen LogP contribution >= 0.6 is 0 Å². The average molecular weight is 197 g/mol. The van der Waals surface area contributed by atoms with E-state index in [2.05, 4.69) is 23.4 Å². The zero-order valence-corrected chi connectivity index (χ0v) is 9.28. The summed E-state index contributed by atoms with van der Waals surface area (Å²) in [7, 11) is 2.17. The molecule has 1 unspecified atom stereocenters. The van der Waals surface area contributed by atoms with Crippen LogP contribution in [0, 0.1) is 0 Å². The molecule has 0 radical (unpaired) electrons. The Morgan fingerprint density at radius 3 is 2.93 bits per heavy atom. The standard InChI is InChI=1S/C11H23N3/c1-3-4-5-6-14-8-7-13(2)10-11(14)9-12/h3,11H,1,4-10,12H2,2H3. The van der Waals surface area contributed by atoms with Crippen molar-refractivity contribution in [2.45, 2.75) is 18.9 Å². The summed E-state index contributed by atoms with van der Waals surface area (Å²) in [4.78, 5) is 4.88. The van der Waals surface area contributed by atoms with E-state index in [1.165, 1.54) is 19.5 Å². The molecule has 0 aromatic heterocycles. The van der Waals surface area contributed by atoms with Gasteiger partial charge >= 0.3 is 0 Å². The largest absolute Gasteiger partial charge is 0.329 e. The fourth-order valence-electron chi connectivity index (χ4n) is 2.00. The zero-order valence-electron chi connectivity index (χ0n) is 9.28. The second-order valence-corrected chi connectivity index (χ2v) is 4.12. The first-order chi connectivity index (χ1) is 6.77. The van der Waals surface area contributed by atoms with Gasteiger partial charge in [0.15, 0.2) is 0 Å². The molecule has 1 heterocycles. The number of hydrogen-bond donors (Lipinski definition) is 1. The van der Waals surface area contributed by atoms with Gasteiger partial charge in [-0.3, -0.25) is 4.90 Å². The molecule has 14 heavy (non-hydrogen) atoms. The third-order valence-corrected chi connectivity index (χ3v) is 2.93. The van der Waals surface area contributed by atoms with E-state index < -0.39 is 0 Å². The summed E-state index contributed by atoms with van der Waals surface area (Å²) in [6, 6.07) is 0.554. The third kappa shape index (κ3) is 3.40. The number of nitrogens with zero attached hydrogens (tertiary/aromatic N) is 2. The van der Waals surface area contributed by atoms with Gasteiger partial charge in [-0.25, -0.2) is 0 Å². The van der Waals surface area contributed by atoms with Crippen LogP contribution in [0.15, 0.2) is 12.7 Å². The molecular weight excluding hydrogens is 174 g/mol. The van der Waals surface area contributed by atoms with Gasteiger partial charge in [0.1, 0.15) is 0 Å². The molecule has 0 bridgehead atoms. The van der Waals surface area contributed by atoms with Crippen molar-refractivity contribution in [2.75, 3.05) is 39.8 Å². The van der Waals surface area contributed by atoms with Crippen molar-refractivity contribution in [2.24, 2.45) is 5.73 Å². The highest BCUT2D eigenvalue weighted by molar-refractivity contribution is 4.81. The number of piperazine rings is 1. The molecule has 0 amide bonds. The molecule has 0 spiro atoms. The molecule has 2 N–H and O–H groups in total. The lowest BCUT2D eigenvalue weighted by Crippen LogP contribution is -2.54. The maximum atomic E-state index is 5.77. The SMILES string of the molecule is C=CCCCN1CCN(C)CC1CN. The second-order valence-electron chi connectivity index (χ2n) is 4.12. The summed E-state index contributed by atoms with van der Waals surface area (Å²) >= 11 is 0. The van der Waals surface area contributed by atoms with Gasteiger partial charge in [-0.1, -0.05) is 6.08 Å². The summed E-state index contributed by atoms with van der Waals surface area (Å²) in [5.74, 6) is 0. The van der Waals surface area contributed by atoms with Gasteiger partial charge in [0.05, 0.1) is 0 Å². The smallest absolute Gasteiger partial charge is 0.0346 e. The molecule has 0 aromatic carbocycles. The van der Waals surface area contributed by atoms with Crippen LogP contribution in [0.4, 0.5) is 0 Å². The molecule has 1 fully saturated rings. The van der Waals surface area contributed by atoms with Crippen molar-refractivity contribution in [3.63, 3.8) is 0 Å². The van der Waals surface area contributed by atoms with Crippen molar-refractivity contribution < 1.29 is 0 Å². The van der Waals surface area contributed by atoms with E-state index in [0.29, 0.717) is 6.04 Å². The van der Waals surface area contributed by atoms with Gasteiger partial charge in [-0.2, -0.15) is 0 Å². The minimum atomic E-state index is 0.554. The van der Waals surface area contributed by atoms with Crippen LogP contribution in [-0.4, -0.2) is 55.6 Å². The minimum Gasteiger partial charge on any atom is -0.329 e. The van der Waals surface area contributed by atoms with Gasteiger partial charge in [0, 0.05) is 32.2 Å². The van der Waals surface area contributed by atoms with Crippen molar-refractivity contribution in [3.8, 4) is 0 Å². The molecule has 1 rings (SSSR count). The van der Waals surface area contributed by atoms with E-state index in [-0.39, 0.29) is 0 Å². The minimum absolute atomic E-state index is 0.554. The molecule has 0 aromatic rings. The predicted octanol–water partition coefficient (Wildman–Crippen LogP) is 0.527. The van der Waals surface area contributed by atoms with E-state index >= 15 is 0 Å². The van der Waals surface area contributed by atoms with E-state index in [1.54, 1.807) is 0 Å². The van der Waals surface area contributed by atoms with Gasteiger partial charge in [0.25, 0.3) is 0 Å². The Bertz CT molecular complexity index is 170. The lowest BCUT2D eigenvalue weighted by molar-refractivity contribution is 0.0936. The van der Waals surface area contributed by atoms with Crippen LogP contribution in [-0.2, 0) is 0 Å². The van der Waals surface area contributed by atoms with Crippen molar-refractivity contribution in [1.29, 1.82) is 0 Å². The molecule has 82 valence electrons. The van der Waals surface area contributed by atoms with Crippen molar-refractivity contribution >= 4 is 0 Å². The number of allylic oxidation sites excluding steroid dienone is 1. The van der Waals surface area contributed by atoms with Crippen LogP contribution in [0.25, 0.3) is 0 Å². The Labute approximate surface area is 87.6 Å². The highest BCUT2D eigenvalue weighted by Gasteiger charge is 2.22. The number of unbranched alkanes of at least 4 members (excludes halogenated alkanes) is 1. The van der Waals surface area contributed by atoms with Gasteiger partial charge in [0.2, 0.25) is 0 Å². The number of likely N-dealkylation sites (N-methyl/N-ethyl adjacent to an activating group) is 1. The number of hydrogen-bond acceptors (Lipinski definition) is 3. The van der Waals surface area contributed by atoms with Gasteiger partial charge in [-0.05, 0) is 26.4 Å². The van der Waals surface area contributed by atoms with Crippen LogP contribution in [0.1, 0.15) is 12.8 Å². The molecule has 3 heteroatoms. The maximum absolute atomic E-state index is 5.77. The van der Waals surface area contributed by atoms with E-state index in [0.717, 1.165) is 26.1 Å². The normalized spacial score (nSPS) is 25.1. The Balaban J connectivity index is 2.30. The predicted molar refractivity (Wildman–Crippen MR) is 61.3 cm³/mol. The molecule has 1 saturated heterocycles. The lowest BCUT2D eigenvalue weighted by Gasteiger charge is -2.39.